The molecule has 30 heavy (non-hydrogen) atoms. The topological polar surface area (TPSA) is 75.9 Å². The zero-order valence-corrected chi connectivity index (χ0v) is 16.2. The van der Waals surface area contributed by atoms with Crippen LogP contribution in [0.5, 0.6) is 11.5 Å². The summed E-state index contributed by atoms with van der Waals surface area (Å²) >= 11 is 0. The average molecular weight is 399 g/mol. The number of aromatic nitrogens is 2. The van der Waals surface area contributed by atoms with Crippen LogP contribution in [0.1, 0.15) is 16.8 Å². The van der Waals surface area contributed by atoms with Gasteiger partial charge in [0, 0.05) is 18.5 Å². The number of benzene rings is 2. The van der Waals surface area contributed by atoms with E-state index >= 15 is 0 Å². The van der Waals surface area contributed by atoms with Crippen LogP contribution < -0.4 is 10.1 Å². The third-order valence-electron chi connectivity index (χ3n) is 4.49. The minimum absolute atomic E-state index is 0.101. The van der Waals surface area contributed by atoms with E-state index in [9.17, 15) is 9.90 Å². The fourth-order valence-electron chi connectivity index (χ4n) is 2.99. The van der Waals surface area contributed by atoms with Crippen molar-refractivity contribution in [3.63, 3.8) is 0 Å². The molecule has 2 aromatic carbocycles. The Labute approximate surface area is 174 Å². The van der Waals surface area contributed by atoms with Crippen LogP contribution in [0.2, 0.25) is 0 Å². The van der Waals surface area contributed by atoms with Crippen molar-refractivity contribution in [2.24, 2.45) is 0 Å². The largest absolute Gasteiger partial charge is 0.504 e. The summed E-state index contributed by atoms with van der Waals surface area (Å²) in [7, 11) is 0. The number of nitrogens with zero attached hydrogens (tertiary/aromatic N) is 2. The van der Waals surface area contributed by atoms with Gasteiger partial charge >= 0.3 is 0 Å². The van der Waals surface area contributed by atoms with Crippen molar-refractivity contribution in [1.29, 1.82) is 0 Å². The van der Waals surface area contributed by atoms with Gasteiger partial charge < -0.3 is 19.6 Å². The van der Waals surface area contributed by atoms with E-state index in [0.29, 0.717) is 17.9 Å². The molecule has 2 aromatic heterocycles. The highest BCUT2D eigenvalue weighted by Gasteiger charge is 2.06. The Hall–Kier alpha value is -4.06. The highest BCUT2D eigenvalue weighted by Crippen LogP contribution is 2.17. The molecular formula is C24H21N3O3. The number of carbonyl (C=O) groups is 1. The van der Waals surface area contributed by atoms with Gasteiger partial charge in [-0.25, -0.2) is 4.98 Å². The number of amides is 1. The van der Waals surface area contributed by atoms with E-state index in [1.54, 1.807) is 35.0 Å². The zero-order valence-electron chi connectivity index (χ0n) is 16.2. The Morgan fingerprint density at radius 3 is 2.80 bits per heavy atom. The molecule has 2 N–H and O–H groups in total. The van der Waals surface area contributed by atoms with Gasteiger partial charge in [0.15, 0.2) is 11.4 Å². The quantitative estimate of drug-likeness (QED) is 0.462. The molecule has 6 nitrogen and oxygen atoms in total. The van der Waals surface area contributed by atoms with Crippen molar-refractivity contribution >= 4 is 17.6 Å². The van der Waals surface area contributed by atoms with Crippen LogP contribution in [0.15, 0.2) is 85.2 Å². The number of pyridine rings is 1. The second kappa shape index (κ2) is 8.96. The Balaban J connectivity index is 1.32. The van der Waals surface area contributed by atoms with E-state index < -0.39 is 0 Å². The van der Waals surface area contributed by atoms with Gasteiger partial charge in [-0.15, -0.1) is 0 Å². The van der Waals surface area contributed by atoms with Gasteiger partial charge in [0.2, 0.25) is 5.91 Å². The smallest absolute Gasteiger partial charge is 0.244 e. The molecule has 0 unspecified atom stereocenters. The highest BCUT2D eigenvalue weighted by molar-refractivity contribution is 5.91. The second-order valence-electron chi connectivity index (χ2n) is 6.75. The molecular weight excluding hydrogens is 378 g/mol. The Morgan fingerprint density at radius 1 is 1.10 bits per heavy atom. The lowest BCUT2D eigenvalue weighted by molar-refractivity contribution is -0.116. The summed E-state index contributed by atoms with van der Waals surface area (Å²) in [5, 5.41) is 12.6. The molecule has 0 bridgehead atoms. The fourth-order valence-corrected chi connectivity index (χ4v) is 2.99. The first-order valence-corrected chi connectivity index (χ1v) is 9.56. The monoisotopic (exact) mass is 399 g/mol. The molecule has 4 aromatic rings. The maximum Gasteiger partial charge on any atom is 0.244 e. The molecule has 2 heterocycles. The van der Waals surface area contributed by atoms with Crippen LogP contribution in [0.3, 0.4) is 0 Å². The Morgan fingerprint density at radius 2 is 1.97 bits per heavy atom. The summed E-state index contributed by atoms with van der Waals surface area (Å²) in [6, 6.07) is 20.8. The van der Waals surface area contributed by atoms with Crippen LogP contribution in [-0.4, -0.2) is 20.4 Å². The summed E-state index contributed by atoms with van der Waals surface area (Å²) < 4.78 is 7.53. The zero-order chi connectivity index (χ0) is 20.8. The van der Waals surface area contributed by atoms with Gasteiger partial charge in [0.25, 0.3) is 0 Å². The Kier molecular flexibility index (Phi) is 5.75. The van der Waals surface area contributed by atoms with Crippen LogP contribution >= 0.6 is 0 Å². The number of nitrogens with one attached hydrogen (secondary N) is 1. The van der Waals surface area contributed by atoms with Crippen molar-refractivity contribution in [3.05, 3.63) is 102 Å². The normalized spacial score (nSPS) is 11.1. The maximum absolute atomic E-state index is 12.2. The van der Waals surface area contributed by atoms with Crippen LogP contribution in [0, 0.1) is 0 Å². The minimum Gasteiger partial charge on any atom is -0.504 e. The standard InChI is InChI=1S/C24H21N3O3/c28-22-10-5-13-27-16-20(26-24(22)27)15-25-23(29)12-11-18-8-4-9-21(14-18)30-17-19-6-2-1-3-7-19/h1-14,16,28H,15,17H2,(H,25,29)/b12-11+. The number of aromatic hydroxyl groups is 1. The molecule has 0 aliphatic heterocycles. The first kappa shape index (κ1) is 19.3. The lowest BCUT2D eigenvalue weighted by Gasteiger charge is -2.07. The van der Waals surface area contributed by atoms with Crippen LogP contribution in [0.4, 0.5) is 0 Å². The molecule has 6 heteroatoms. The summed E-state index contributed by atoms with van der Waals surface area (Å²) in [5.74, 6) is 0.613. The number of imidazole rings is 1. The summed E-state index contributed by atoms with van der Waals surface area (Å²) in [4.78, 5) is 16.5. The number of ether oxygens (including phenoxy) is 1. The second-order valence-corrected chi connectivity index (χ2v) is 6.75. The van der Waals surface area contributed by atoms with E-state index in [4.69, 9.17) is 4.74 Å². The van der Waals surface area contributed by atoms with Crippen molar-refractivity contribution < 1.29 is 14.6 Å². The van der Waals surface area contributed by atoms with Gasteiger partial charge in [-0.1, -0.05) is 42.5 Å². The summed E-state index contributed by atoms with van der Waals surface area (Å²) in [6.45, 7) is 0.758. The predicted molar refractivity (Wildman–Crippen MR) is 115 cm³/mol. The van der Waals surface area contributed by atoms with E-state index in [0.717, 1.165) is 16.9 Å². The molecule has 0 aliphatic carbocycles. The van der Waals surface area contributed by atoms with Crippen molar-refractivity contribution in [2.75, 3.05) is 0 Å². The number of hydrogen-bond acceptors (Lipinski definition) is 4. The molecule has 150 valence electrons. The average Bonchev–Trinajstić information content (AvgIpc) is 3.20. The molecule has 0 saturated heterocycles. The third kappa shape index (κ3) is 4.86. The molecule has 0 aliphatic rings. The van der Waals surface area contributed by atoms with E-state index in [-0.39, 0.29) is 18.2 Å². The van der Waals surface area contributed by atoms with Gasteiger partial charge in [0.05, 0.1) is 12.2 Å². The molecule has 0 spiro atoms. The number of fused-ring (bicyclic) bond motifs is 1. The first-order valence-electron chi connectivity index (χ1n) is 9.56. The van der Waals surface area contributed by atoms with Crippen molar-refractivity contribution in [3.8, 4) is 11.5 Å². The van der Waals surface area contributed by atoms with E-state index in [1.165, 1.54) is 6.08 Å². The van der Waals surface area contributed by atoms with Gasteiger partial charge in [-0.05, 0) is 41.5 Å². The Bertz CT molecular complexity index is 1180. The molecule has 0 saturated carbocycles. The third-order valence-corrected chi connectivity index (χ3v) is 4.49. The molecule has 0 fully saturated rings. The van der Waals surface area contributed by atoms with Crippen molar-refractivity contribution in [1.82, 2.24) is 14.7 Å². The molecule has 0 atom stereocenters. The number of rotatable bonds is 7. The lowest BCUT2D eigenvalue weighted by atomic mass is 10.2. The fraction of sp³-hybridized carbons (Fsp3) is 0.0833. The molecule has 1 amide bonds. The predicted octanol–water partition coefficient (Wildman–Crippen LogP) is 3.95. The number of carbonyl (C=O) groups excluding carboxylic acids is 1. The first-order chi connectivity index (χ1) is 14.7. The summed E-state index contributed by atoms with van der Waals surface area (Å²) in [6.07, 6.45) is 6.77. The summed E-state index contributed by atoms with van der Waals surface area (Å²) in [5.41, 5.74) is 3.09. The minimum atomic E-state index is -0.230. The van der Waals surface area contributed by atoms with Crippen LogP contribution in [-0.2, 0) is 17.9 Å². The van der Waals surface area contributed by atoms with Gasteiger partial charge in [0.1, 0.15) is 12.4 Å². The molecule has 4 rings (SSSR count). The van der Waals surface area contributed by atoms with Crippen LogP contribution in [0.25, 0.3) is 11.7 Å². The van der Waals surface area contributed by atoms with Gasteiger partial charge in [-0.2, -0.15) is 0 Å². The SMILES string of the molecule is O=C(/C=C/c1cccc(OCc2ccccc2)c1)NCc1cn2cccc(O)c2n1. The maximum atomic E-state index is 12.2. The number of hydrogen-bond donors (Lipinski definition) is 2. The van der Waals surface area contributed by atoms with Gasteiger partial charge in [-0.3, -0.25) is 4.79 Å². The highest BCUT2D eigenvalue weighted by atomic mass is 16.5. The van der Waals surface area contributed by atoms with E-state index in [2.05, 4.69) is 10.3 Å². The lowest BCUT2D eigenvalue weighted by Crippen LogP contribution is -2.20. The van der Waals surface area contributed by atoms with E-state index in [1.807, 2.05) is 54.6 Å². The molecule has 0 radical (unpaired) electrons. The van der Waals surface area contributed by atoms with Crippen molar-refractivity contribution in [2.45, 2.75) is 13.2 Å².